The highest BCUT2D eigenvalue weighted by Gasteiger charge is 2.29. The lowest BCUT2D eigenvalue weighted by molar-refractivity contribution is 0.0968. The molecule has 2 atom stereocenters. The summed E-state index contributed by atoms with van der Waals surface area (Å²) >= 11 is 7.06. The first-order valence-corrected chi connectivity index (χ1v) is 8.33. The van der Waals surface area contributed by atoms with E-state index in [4.69, 9.17) is 16.3 Å². The first kappa shape index (κ1) is 14.2. The van der Waals surface area contributed by atoms with Crippen molar-refractivity contribution in [2.24, 2.45) is 0 Å². The summed E-state index contributed by atoms with van der Waals surface area (Å²) in [5.41, 5.74) is 0. The van der Waals surface area contributed by atoms with Crippen molar-refractivity contribution in [2.75, 3.05) is 13.2 Å². The normalized spacial score (nSPS) is 20.6. The van der Waals surface area contributed by atoms with Gasteiger partial charge < -0.3 is 4.74 Å². The Kier molecular flexibility index (Phi) is 4.95. The third kappa shape index (κ3) is 3.20. The summed E-state index contributed by atoms with van der Waals surface area (Å²) in [7, 11) is -1.14. The molecule has 1 fully saturated rings. The summed E-state index contributed by atoms with van der Waals surface area (Å²) in [5.74, 6) is -0.0725. The van der Waals surface area contributed by atoms with E-state index >= 15 is 0 Å². The van der Waals surface area contributed by atoms with E-state index in [0.29, 0.717) is 22.4 Å². The molecule has 0 aliphatic carbocycles. The molecule has 18 heavy (non-hydrogen) atoms. The van der Waals surface area contributed by atoms with Gasteiger partial charge in [-0.1, -0.05) is 11.6 Å². The molecule has 0 bridgehead atoms. The molecule has 100 valence electrons. The van der Waals surface area contributed by atoms with Crippen molar-refractivity contribution in [3.63, 3.8) is 0 Å². The Bertz CT molecular complexity index is 452. The molecule has 1 aliphatic heterocycles. The Morgan fingerprint density at radius 2 is 2.17 bits per heavy atom. The van der Waals surface area contributed by atoms with Crippen molar-refractivity contribution in [3.8, 4) is 0 Å². The Hall–Kier alpha value is -0.230. The molecule has 1 saturated heterocycles. The summed E-state index contributed by atoms with van der Waals surface area (Å²) in [4.78, 5) is 12.8. The summed E-state index contributed by atoms with van der Waals surface area (Å²) in [5, 5.41) is -0.393. The first-order valence-electron chi connectivity index (χ1n) is 5.86. The van der Waals surface area contributed by atoms with Crippen LogP contribution in [0.15, 0.2) is 12.1 Å². The zero-order chi connectivity index (χ0) is 13.1. The van der Waals surface area contributed by atoms with Crippen LogP contribution in [0.1, 0.15) is 29.4 Å². The van der Waals surface area contributed by atoms with Crippen molar-refractivity contribution in [1.82, 2.24) is 0 Å². The summed E-state index contributed by atoms with van der Waals surface area (Å²) < 4.78 is 18.2. The monoisotopic (exact) mass is 306 g/mol. The topological polar surface area (TPSA) is 43.4 Å². The Labute approximate surface area is 118 Å². The molecule has 0 radical (unpaired) electrons. The van der Waals surface area contributed by atoms with E-state index < -0.39 is 16.0 Å². The van der Waals surface area contributed by atoms with Gasteiger partial charge in [0.25, 0.3) is 0 Å². The van der Waals surface area contributed by atoms with Crippen LogP contribution in [0.5, 0.6) is 0 Å². The Balaban J connectivity index is 2.03. The molecular weight excluding hydrogens is 292 g/mol. The van der Waals surface area contributed by atoms with Crippen LogP contribution in [0.2, 0.25) is 4.34 Å². The third-order valence-corrected chi connectivity index (χ3v) is 6.32. The van der Waals surface area contributed by atoms with Gasteiger partial charge in [-0.3, -0.25) is 9.00 Å². The van der Waals surface area contributed by atoms with Crippen LogP contribution in [0.4, 0.5) is 0 Å². The molecule has 0 spiro atoms. The van der Waals surface area contributed by atoms with E-state index in [9.17, 15) is 9.00 Å². The zero-order valence-electron chi connectivity index (χ0n) is 10.1. The molecule has 0 amide bonds. The summed E-state index contributed by atoms with van der Waals surface area (Å²) in [6.07, 6.45) is 1.55. The maximum Gasteiger partial charge on any atom is 0.188 e. The molecule has 0 aromatic carbocycles. The molecule has 1 aromatic heterocycles. The van der Waals surface area contributed by atoms with Crippen LogP contribution in [0.3, 0.4) is 0 Å². The van der Waals surface area contributed by atoms with Crippen molar-refractivity contribution in [3.05, 3.63) is 21.3 Å². The van der Waals surface area contributed by atoms with Gasteiger partial charge in [-0.05, 0) is 31.9 Å². The molecule has 0 N–H and O–H groups in total. The van der Waals surface area contributed by atoms with Crippen LogP contribution >= 0.6 is 22.9 Å². The predicted molar refractivity (Wildman–Crippen MR) is 75.1 cm³/mol. The SMILES string of the molecule is CC(C(=O)c1ccc(Cl)s1)S(=O)C1CCOCC1. The Morgan fingerprint density at radius 1 is 1.50 bits per heavy atom. The van der Waals surface area contributed by atoms with Crippen molar-refractivity contribution in [1.29, 1.82) is 0 Å². The second-order valence-electron chi connectivity index (χ2n) is 4.25. The smallest absolute Gasteiger partial charge is 0.188 e. The number of carbonyl (C=O) groups excluding carboxylic acids is 1. The van der Waals surface area contributed by atoms with Crippen LogP contribution < -0.4 is 0 Å². The van der Waals surface area contributed by atoms with Gasteiger partial charge >= 0.3 is 0 Å². The third-order valence-electron chi connectivity index (χ3n) is 3.03. The van der Waals surface area contributed by atoms with E-state index in [1.807, 2.05) is 0 Å². The number of ether oxygens (including phenoxy) is 1. The number of Topliss-reactive ketones (excluding diaryl/α,β-unsaturated/α-hetero) is 1. The molecule has 1 aromatic rings. The molecule has 0 saturated carbocycles. The van der Waals surface area contributed by atoms with E-state index in [-0.39, 0.29) is 11.0 Å². The van der Waals surface area contributed by atoms with Crippen LogP contribution in [0.25, 0.3) is 0 Å². The van der Waals surface area contributed by atoms with E-state index in [2.05, 4.69) is 0 Å². The fourth-order valence-electron chi connectivity index (χ4n) is 1.95. The lowest BCUT2D eigenvalue weighted by Gasteiger charge is -2.23. The van der Waals surface area contributed by atoms with Gasteiger partial charge in [0.1, 0.15) is 0 Å². The van der Waals surface area contributed by atoms with Crippen molar-refractivity contribution >= 4 is 39.5 Å². The fourth-order valence-corrected chi connectivity index (χ4v) is 4.67. The van der Waals surface area contributed by atoms with Crippen molar-refractivity contribution < 1.29 is 13.7 Å². The standard InChI is InChI=1S/C12H15ClO3S2/c1-8(12(14)10-2-3-11(13)17-10)18(15)9-4-6-16-7-5-9/h2-3,8-9H,4-7H2,1H3. The van der Waals surface area contributed by atoms with Crippen LogP contribution in [0, 0.1) is 0 Å². The second kappa shape index (κ2) is 6.28. The minimum atomic E-state index is -1.14. The second-order valence-corrected chi connectivity index (χ2v) is 8.00. The maximum atomic E-state index is 12.3. The van der Waals surface area contributed by atoms with Crippen molar-refractivity contribution in [2.45, 2.75) is 30.3 Å². The van der Waals surface area contributed by atoms with Gasteiger partial charge in [0, 0.05) is 29.3 Å². The van der Waals surface area contributed by atoms with E-state index in [1.165, 1.54) is 11.3 Å². The van der Waals surface area contributed by atoms with Crippen LogP contribution in [-0.2, 0) is 15.5 Å². The number of halogens is 1. The molecule has 2 heterocycles. The molecule has 1 aliphatic rings. The number of thiophene rings is 1. The molecule has 6 heteroatoms. The number of ketones is 1. The highest BCUT2D eigenvalue weighted by Crippen LogP contribution is 2.25. The van der Waals surface area contributed by atoms with Gasteiger partial charge in [-0.25, -0.2) is 0 Å². The predicted octanol–water partition coefficient (Wildman–Crippen LogP) is 2.90. The lowest BCUT2D eigenvalue weighted by Crippen LogP contribution is -2.33. The lowest BCUT2D eigenvalue weighted by atomic mass is 10.2. The Morgan fingerprint density at radius 3 is 2.72 bits per heavy atom. The van der Waals surface area contributed by atoms with Gasteiger partial charge in [-0.2, -0.15) is 0 Å². The van der Waals surface area contributed by atoms with Gasteiger partial charge in [0.15, 0.2) is 5.78 Å². The molecule has 2 unspecified atom stereocenters. The molecular formula is C12H15ClO3S2. The van der Waals surface area contributed by atoms with Gasteiger partial charge in [0.05, 0.1) is 14.5 Å². The minimum absolute atomic E-state index is 0.0725. The molecule has 3 nitrogen and oxygen atoms in total. The maximum absolute atomic E-state index is 12.3. The zero-order valence-corrected chi connectivity index (χ0v) is 12.4. The number of rotatable bonds is 4. The van der Waals surface area contributed by atoms with Gasteiger partial charge in [-0.15, -0.1) is 11.3 Å². The van der Waals surface area contributed by atoms with Crippen LogP contribution in [-0.4, -0.2) is 33.7 Å². The number of carbonyl (C=O) groups is 1. The van der Waals surface area contributed by atoms with Gasteiger partial charge in [0.2, 0.25) is 0 Å². The number of hydrogen-bond donors (Lipinski definition) is 0. The minimum Gasteiger partial charge on any atom is -0.381 e. The largest absolute Gasteiger partial charge is 0.381 e. The van der Waals surface area contributed by atoms with E-state index in [1.54, 1.807) is 19.1 Å². The average molecular weight is 307 g/mol. The highest BCUT2D eigenvalue weighted by atomic mass is 35.5. The summed E-state index contributed by atoms with van der Waals surface area (Å²) in [6.45, 7) is 3.02. The molecule has 2 rings (SSSR count). The highest BCUT2D eigenvalue weighted by molar-refractivity contribution is 7.87. The quantitative estimate of drug-likeness (QED) is 0.803. The van der Waals surface area contributed by atoms with E-state index in [0.717, 1.165) is 12.8 Å². The summed E-state index contributed by atoms with van der Waals surface area (Å²) in [6, 6.07) is 3.40. The number of hydrogen-bond acceptors (Lipinski definition) is 4. The first-order chi connectivity index (χ1) is 8.59. The average Bonchev–Trinajstić information content (AvgIpc) is 2.84. The fraction of sp³-hybridized carbons (Fsp3) is 0.583.